The first-order valence-electron chi connectivity index (χ1n) is 10.5. The molecule has 2 unspecified atom stereocenters. The van der Waals surface area contributed by atoms with E-state index in [0.29, 0.717) is 18.2 Å². The first-order chi connectivity index (χ1) is 15.0. The molecule has 1 amide bonds. The summed E-state index contributed by atoms with van der Waals surface area (Å²) in [6.07, 6.45) is 3.83. The molecule has 31 heavy (non-hydrogen) atoms. The SMILES string of the molecule is CC(C)CC(=O)N[N+]1(c2ccnc(NC(C)c3ccccc3)n2)C=Nc2ccccc21. The Balaban J connectivity index is 1.69. The summed E-state index contributed by atoms with van der Waals surface area (Å²) in [6.45, 7) is 6.11. The quantitative estimate of drug-likeness (QED) is 0.530. The van der Waals surface area contributed by atoms with Crippen LogP contribution in [0.25, 0.3) is 0 Å². The third-order valence-corrected chi connectivity index (χ3v) is 5.17. The number of quaternary nitrogens is 1. The molecule has 1 aromatic heterocycles. The second-order valence-corrected chi connectivity index (χ2v) is 8.10. The van der Waals surface area contributed by atoms with E-state index in [1.807, 2.05) is 62.4 Å². The molecule has 7 nitrogen and oxygen atoms in total. The van der Waals surface area contributed by atoms with E-state index >= 15 is 0 Å². The van der Waals surface area contributed by atoms with Crippen molar-refractivity contribution >= 4 is 35.4 Å². The van der Waals surface area contributed by atoms with Crippen LogP contribution in [0.1, 0.15) is 38.8 Å². The van der Waals surface area contributed by atoms with Crippen molar-refractivity contribution in [2.45, 2.75) is 33.2 Å². The molecule has 3 aromatic rings. The standard InChI is InChI=1S/C24H26N6O/c1-17(2)15-23(31)29-30(16-26-20-11-7-8-12-21(20)30)22-13-14-25-24(28-22)27-18(3)19-9-5-4-6-10-19/h4-14,16-18H,15H2,1-3H3,(H-,25,27,28,29,31)/p+1. The highest BCUT2D eigenvalue weighted by atomic mass is 16.2. The number of hydrogen-bond acceptors (Lipinski definition) is 5. The number of anilines is 1. The monoisotopic (exact) mass is 415 g/mol. The molecular weight excluding hydrogens is 388 g/mol. The number of aromatic nitrogens is 2. The maximum atomic E-state index is 12.8. The number of carbonyl (C=O) groups excluding carboxylic acids is 1. The van der Waals surface area contributed by atoms with Gasteiger partial charge in [-0.25, -0.2) is 4.98 Å². The zero-order chi connectivity index (χ0) is 21.8. The summed E-state index contributed by atoms with van der Waals surface area (Å²) in [5.74, 6) is 1.28. The molecule has 4 rings (SSSR count). The van der Waals surface area contributed by atoms with Crippen LogP contribution in [0.4, 0.5) is 23.1 Å². The van der Waals surface area contributed by atoms with Crippen molar-refractivity contribution in [3.63, 3.8) is 0 Å². The number of nitrogens with zero attached hydrogens (tertiary/aromatic N) is 4. The third-order valence-electron chi connectivity index (χ3n) is 5.17. The lowest BCUT2D eigenvalue weighted by atomic mass is 10.1. The van der Waals surface area contributed by atoms with Crippen molar-refractivity contribution in [3.8, 4) is 0 Å². The van der Waals surface area contributed by atoms with Crippen LogP contribution in [0.15, 0.2) is 71.9 Å². The minimum absolute atomic E-state index is 0.0277. The fourth-order valence-corrected chi connectivity index (χ4v) is 3.66. The largest absolute Gasteiger partial charge is 0.348 e. The summed E-state index contributed by atoms with van der Waals surface area (Å²) in [4.78, 5) is 26.5. The van der Waals surface area contributed by atoms with Gasteiger partial charge in [-0.15, -0.1) is 0 Å². The van der Waals surface area contributed by atoms with Crippen LogP contribution >= 0.6 is 0 Å². The van der Waals surface area contributed by atoms with Gasteiger partial charge in [-0.3, -0.25) is 4.79 Å². The van der Waals surface area contributed by atoms with E-state index < -0.39 is 0 Å². The van der Waals surface area contributed by atoms with Gasteiger partial charge in [0.2, 0.25) is 12.3 Å². The minimum Gasteiger partial charge on any atom is -0.348 e. The molecule has 2 N–H and O–H groups in total. The first-order valence-corrected chi connectivity index (χ1v) is 10.5. The minimum atomic E-state index is -0.0708. The van der Waals surface area contributed by atoms with Gasteiger partial charge >= 0.3 is 0 Å². The molecule has 158 valence electrons. The van der Waals surface area contributed by atoms with E-state index in [1.54, 1.807) is 12.5 Å². The van der Waals surface area contributed by atoms with Crippen LogP contribution in [0.3, 0.4) is 0 Å². The maximum Gasteiger partial charge on any atom is 0.268 e. The van der Waals surface area contributed by atoms with Crippen LogP contribution in [0.5, 0.6) is 0 Å². The Morgan fingerprint density at radius 2 is 1.74 bits per heavy atom. The van der Waals surface area contributed by atoms with E-state index in [1.165, 1.54) is 0 Å². The third kappa shape index (κ3) is 4.32. The van der Waals surface area contributed by atoms with Crippen LogP contribution in [-0.4, -0.2) is 22.2 Å². The van der Waals surface area contributed by atoms with Crippen molar-refractivity contribution in [2.75, 3.05) is 5.32 Å². The fourth-order valence-electron chi connectivity index (χ4n) is 3.66. The number of nitrogens with one attached hydrogen (secondary N) is 2. The number of amides is 1. The van der Waals surface area contributed by atoms with Crippen molar-refractivity contribution in [3.05, 3.63) is 72.4 Å². The summed E-state index contributed by atoms with van der Waals surface area (Å²) in [5.41, 5.74) is 5.93. The Morgan fingerprint density at radius 1 is 1.00 bits per heavy atom. The molecule has 0 saturated carbocycles. The normalized spacial score (nSPS) is 17.9. The van der Waals surface area contributed by atoms with Crippen molar-refractivity contribution in [1.29, 1.82) is 0 Å². The molecule has 0 spiro atoms. The van der Waals surface area contributed by atoms with Gasteiger partial charge in [0.15, 0.2) is 5.69 Å². The predicted octanol–water partition coefficient (Wildman–Crippen LogP) is 5.04. The molecule has 2 atom stereocenters. The van der Waals surface area contributed by atoms with Gasteiger partial charge in [-0.05, 0) is 24.5 Å². The first kappa shape index (κ1) is 20.7. The van der Waals surface area contributed by atoms with E-state index in [0.717, 1.165) is 16.9 Å². The number of para-hydroxylation sites is 2. The topological polar surface area (TPSA) is 79.3 Å². The van der Waals surface area contributed by atoms with E-state index in [9.17, 15) is 4.79 Å². The summed E-state index contributed by atoms with van der Waals surface area (Å²) >= 11 is 0. The Hall–Kier alpha value is -3.58. The molecule has 2 aromatic carbocycles. The summed E-state index contributed by atoms with van der Waals surface area (Å²) < 4.78 is -0.0708. The number of benzene rings is 2. The zero-order valence-electron chi connectivity index (χ0n) is 18.0. The van der Waals surface area contributed by atoms with Gasteiger partial charge in [-0.2, -0.15) is 15.4 Å². The molecule has 0 fully saturated rings. The summed E-state index contributed by atoms with van der Waals surface area (Å²) in [7, 11) is 0. The lowest BCUT2D eigenvalue weighted by molar-refractivity contribution is -0.124. The van der Waals surface area contributed by atoms with Crippen LogP contribution in [0.2, 0.25) is 0 Å². The molecule has 7 heteroatoms. The molecule has 1 aliphatic rings. The molecule has 0 aliphatic carbocycles. The van der Waals surface area contributed by atoms with Gasteiger partial charge in [0, 0.05) is 24.8 Å². The lowest BCUT2D eigenvalue weighted by Gasteiger charge is -2.28. The molecule has 0 bridgehead atoms. The fraction of sp³-hybridized carbons (Fsp3) is 0.250. The number of rotatable bonds is 7. The average Bonchev–Trinajstić information content (AvgIpc) is 3.13. The number of carbonyl (C=O) groups is 1. The van der Waals surface area contributed by atoms with Gasteiger partial charge in [-0.1, -0.05) is 60.9 Å². The van der Waals surface area contributed by atoms with E-state index in [4.69, 9.17) is 4.98 Å². The Bertz CT molecular complexity index is 1100. The highest BCUT2D eigenvalue weighted by Crippen LogP contribution is 2.41. The van der Waals surface area contributed by atoms with Gasteiger partial charge in [0.05, 0.1) is 6.04 Å². The Morgan fingerprint density at radius 3 is 2.52 bits per heavy atom. The Kier molecular flexibility index (Phi) is 5.77. The molecule has 2 heterocycles. The van der Waals surface area contributed by atoms with Gasteiger partial charge < -0.3 is 5.32 Å². The van der Waals surface area contributed by atoms with Gasteiger partial charge in [0.1, 0.15) is 5.69 Å². The highest BCUT2D eigenvalue weighted by molar-refractivity contribution is 5.96. The predicted molar refractivity (Wildman–Crippen MR) is 124 cm³/mol. The average molecular weight is 416 g/mol. The van der Waals surface area contributed by atoms with Crippen LogP contribution in [-0.2, 0) is 4.79 Å². The molecular formula is C24H27N6O+. The number of fused-ring (bicyclic) bond motifs is 1. The number of hydrogen-bond donors (Lipinski definition) is 2. The second kappa shape index (κ2) is 8.65. The van der Waals surface area contributed by atoms with E-state index in [2.05, 4.69) is 39.8 Å². The van der Waals surface area contributed by atoms with Crippen molar-refractivity contribution < 1.29 is 4.79 Å². The van der Waals surface area contributed by atoms with Gasteiger partial charge in [0.25, 0.3) is 11.7 Å². The van der Waals surface area contributed by atoms with E-state index in [-0.39, 0.29) is 22.5 Å². The molecule has 1 aliphatic heterocycles. The lowest BCUT2D eigenvalue weighted by Crippen LogP contribution is -2.56. The second-order valence-electron chi connectivity index (χ2n) is 8.10. The number of aliphatic imine (C=N–C) groups is 1. The zero-order valence-corrected chi connectivity index (χ0v) is 18.0. The molecule has 0 saturated heterocycles. The maximum absolute atomic E-state index is 12.8. The Labute approximate surface area is 182 Å². The summed E-state index contributed by atoms with van der Waals surface area (Å²) in [6, 6.07) is 19.7. The highest BCUT2D eigenvalue weighted by Gasteiger charge is 2.43. The molecule has 0 radical (unpaired) electrons. The van der Waals surface area contributed by atoms with Crippen LogP contribution in [0, 0.1) is 5.92 Å². The van der Waals surface area contributed by atoms with Crippen molar-refractivity contribution in [2.24, 2.45) is 10.9 Å². The van der Waals surface area contributed by atoms with Crippen LogP contribution < -0.4 is 15.3 Å². The summed E-state index contributed by atoms with van der Waals surface area (Å²) in [5, 5.41) is 3.36. The van der Waals surface area contributed by atoms with Crippen molar-refractivity contribution in [1.82, 2.24) is 20.0 Å². The smallest absolute Gasteiger partial charge is 0.268 e.